The number of nitrogens with zero attached hydrogens (tertiary/aromatic N) is 3. The Kier molecular flexibility index (Phi) is 7.44. The van der Waals surface area contributed by atoms with Crippen LogP contribution in [-0.2, 0) is 14.8 Å². The number of amides is 1. The molecule has 3 rings (SSSR count). The zero-order valence-electron chi connectivity index (χ0n) is 17.5. The fraction of sp³-hybridized carbons (Fsp3) is 0.381. The molecule has 1 N–H and O–H groups in total. The molecule has 0 aromatic heterocycles. The molecule has 2 aromatic rings. The number of aryl methyl sites for hydroxylation is 1. The molecule has 10 nitrogen and oxygen atoms in total. The molecule has 0 saturated carbocycles. The number of ether oxygens (including phenoxy) is 1. The predicted molar refractivity (Wildman–Crippen MR) is 116 cm³/mol. The first-order valence-corrected chi connectivity index (χ1v) is 11.7. The van der Waals surface area contributed by atoms with Gasteiger partial charge in [-0.05, 0) is 37.0 Å². The van der Waals surface area contributed by atoms with Crippen LogP contribution in [0.2, 0.25) is 0 Å². The summed E-state index contributed by atoms with van der Waals surface area (Å²) < 4.78 is 33.1. The molecule has 1 fully saturated rings. The first-order valence-electron chi connectivity index (χ1n) is 10.1. The minimum Gasteiger partial charge on any atom is -0.483 e. The van der Waals surface area contributed by atoms with Crippen LogP contribution in [0.3, 0.4) is 0 Å². The van der Waals surface area contributed by atoms with E-state index in [1.165, 1.54) is 10.4 Å². The highest BCUT2D eigenvalue weighted by Crippen LogP contribution is 2.31. The summed E-state index contributed by atoms with van der Waals surface area (Å²) in [5.41, 5.74) is 1.12. The Bertz CT molecular complexity index is 1050. The highest BCUT2D eigenvalue weighted by Gasteiger charge is 2.33. The lowest BCUT2D eigenvalue weighted by Crippen LogP contribution is -2.44. The summed E-state index contributed by atoms with van der Waals surface area (Å²) in [6.45, 7) is 2.09. The summed E-state index contributed by atoms with van der Waals surface area (Å²) >= 11 is 0. The van der Waals surface area contributed by atoms with E-state index >= 15 is 0 Å². The number of benzene rings is 2. The van der Waals surface area contributed by atoms with E-state index in [1.807, 2.05) is 0 Å². The van der Waals surface area contributed by atoms with Crippen molar-refractivity contribution >= 4 is 22.1 Å². The van der Waals surface area contributed by atoms with Gasteiger partial charge in [0.1, 0.15) is 6.10 Å². The molecule has 1 aliphatic rings. The zero-order chi connectivity index (χ0) is 23.3. The lowest BCUT2D eigenvalue weighted by molar-refractivity contribution is -0.386. The minimum absolute atomic E-state index is 0.123. The van der Waals surface area contributed by atoms with Crippen LogP contribution < -0.4 is 4.74 Å². The molecule has 1 amide bonds. The molecule has 1 saturated heterocycles. The smallest absolute Gasteiger partial charge is 0.311 e. The van der Waals surface area contributed by atoms with Crippen molar-refractivity contribution in [3.63, 3.8) is 0 Å². The van der Waals surface area contributed by atoms with Gasteiger partial charge in [0.2, 0.25) is 16.4 Å². The van der Waals surface area contributed by atoms with Gasteiger partial charge >= 0.3 is 5.69 Å². The maximum atomic E-state index is 13.0. The molecule has 172 valence electrons. The maximum Gasteiger partial charge on any atom is 0.311 e. The minimum atomic E-state index is -3.80. The Morgan fingerprint density at radius 3 is 2.50 bits per heavy atom. The number of carbonyl (C=O) groups is 1. The largest absolute Gasteiger partial charge is 0.483 e. The summed E-state index contributed by atoms with van der Waals surface area (Å²) in [5.74, 6) is -0.311. The Labute approximate surface area is 186 Å². The highest BCUT2D eigenvalue weighted by molar-refractivity contribution is 7.89. The predicted octanol–water partition coefficient (Wildman–Crippen LogP) is 2.67. The zero-order valence-corrected chi connectivity index (χ0v) is 18.3. The van der Waals surface area contributed by atoms with Crippen LogP contribution in [0.5, 0.6) is 5.75 Å². The van der Waals surface area contributed by atoms with Gasteiger partial charge in [-0.15, -0.1) is 0 Å². The molecular formula is C21H25N3O7S. The van der Waals surface area contributed by atoms with E-state index in [0.29, 0.717) is 23.5 Å². The van der Waals surface area contributed by atoms with Crippen molar-refractivity contribution in [2.45, 2.75) is 31.9 Å². The van der Waals surface area contributed by atoms with Gasteiger partial charge < -0.3 is 4.74 Å². The molecule has 0 unspecified atom stereocenters. The van der Waals surface area contributed by atoms with Crippen LogP contribution in [0.25, 0.3) is 0 Å². The van der Waals surface area contributed by atoms with Crippen molar-refractivity contribution in [3.8, 4) is 5.75 Å². The fourth-order valence-corrected chi connectivity index (χ4v) is 5.38. The SMILES string of the molecule is Cc1ccc(OC2CCN(S(=O)(=O)C[C@@H](c3ccccc3)N(O)C=O)CC2)c([N+](=O)[O-])c1. The Morgan fingerprint density at radius 2 is 1.91 bits per heavy atom. The van der Waals surface area contributed by atoms with Gasteiger partial charge in [0.15, 0.2) is 5.75 Å². The van der Waals surface area contributed by atoms with E-state index in [4.69, 9.17) is 4.74 Å². The third-order valence-corrected chi connectivity index (χ3v) is 7.27. The second-order valence-corrected chi connectivity index (χ2v) is 9.65. The normalized spacial score (nSPS) is 16.3. The van der Waals surface area contributed by atoms with Crippen molar-refractivity contribution in [3.05, 3.63) is 69.8 Å². The van der Waals surface area contributed by atoms with E-state index in [-0.39, 0.29) is 37.0 Å². The molecule has 0 spiro atoms. The summed E-state index contributed by atoms with van der Waals surface area (Å²) in [6, 6.07) is 12.1. The van der Waals surface area contributed by atoms with Crippen molar-refractivity contribution < 1.29 is 28.1 Å². The average Bonchev–Trinajstić information content (AvgIpc) is 2.79. The molecule has 0 aliphatic carbocycles. The second kappa shape index (κ2) is 10.1. The number of nitro benzene ring substituents is 1. The number of piperidine rings is 1. The molecular weight excluding hydrogens is 438 g/mol. The number of hydroxylamine groups is 2. The van der Waals surface area contributed by atoms with Crippen molar-refractivity contribution in [1.29, 1.82) is 0 Å². The first kappa shape index (κ1) is 23.6. The lowest BCUT2D eigenvalue weighted by Gasteiger charge is -2.33. The molecule has 1 atom stereocenters. The standard InChI is InChI=1S/C21H25N3O7S/c1-16-7-8-21(19(13-16)24(27)28)31-18-9-11-22(12-10-18)32(29,30)14-20(23(26)15-25)17-5-3-2-4-6-17/h2-8,13,15,18,20,26H,9-12,14H2,1H3/t20-/m0/s1. The second-order valence-electron chi connectivity index (χ2n) is 7.64. The first-order chi connectivity index (χ1) is 15.2. The van der Waals surface area contributed by atoms with Crippen LogP contribution in [0.1, 0.15) is 30.0 Å². The van der Waals surface area contributed by atoms with Crippen LogP contribution in [0.15, 0.2) is 48.5 Å². The van der Waals surface area contributed by atoms with Gasteiger partial charge in [-0.25, -0.2) is 17.8 Å². The number of nitro groups is 1. The topological polar surface area (TPSA) is 130 Å². The van der Waals surface area contributed by atoms with Crippen molar-refractivity contribution in [2.24, 2.45) is 0 Å². The molecule has 1 aliphatic heterocycles. The lowest BCUT2D eigenvalue weighted by atomic mass is 10.1. The van der Waals surface area contributed by atoms with Crippen LogP contribution in [0.4, 0.5) is 5.69 Å². The summed E-state index contributed by atoms with van der Waals surface area (Å²) in [4.78, 5) is 21.9. The maximum absolute atomic E-state index is 13.0. The summed E-state index contributed by atoms with van der Waals surface area (Å²) in [5, 5.41) is 21.6. The Morgan fingerprint density at radius 1 is 1.25 bits per heavy atom. The number of hydrogen-bond donors (Lipinski definition) is 1. The number of rotatable bonds is 9. The van der Waals surface area contributed by atoms with E-state index in [1.54, 1.807) is 49.4 Å². The fourth-order valence-electron chi connectivity index (χ4n) is 3.66. The molecule has 11 heteroatoms. The van der Waals surface area contributed by atoms with E-state index in [2.05, 4.69) is 0 Å². The van der Waals surface area contributed by atoms with Crippen molar-refractivity contribution in [2.75, 3.05) is 18.8 Å². The van der Waals surface area contributed by atoms with Crippen molar-refractivity contribution in [1.82, 2.24) is 9.37 Å². The van der Waals surface area contributed by atoms with Gasteiger partial charge in [0.25, 0.3) is 0 Å². The van der Waals surface area contributed by atoms with E-state index in [9.17, 15) is 28.5 Å². The summed E-state index contributed by atoms with van der Waals surface area (Å²) in [6.07, 6.45) is 0.534. The Balaban J connectivity index is 1.66. The molecule has 0 bridgehead atoms. The molecule has 2 aromatic carbocycles. The quantitative estimate of drug-likeness (QED) is 0.262. The van der Waals surface area contributed by atoms with Gasteiger partial charge in [-0.2, -0.15) is 0 Å². The monoisotopic (exact) mass is 463 g/mol. The van der Waals surface area contributed by atoms with Crippen LogP contribution in [-0.4, -0.2) is 59.3 Å². The molecule has 1 heterocycles. The van der Waals surface area contributed by atoms with Gasteiger partial charge in [-0.1, -0.05) is 36.4 Å². The van der Waals surface area contributed by atoms with Crippen LogP contribution >= 0.6 is 0 Å². The van der Waals surface area contributed by atoms with E-state index < -0.39 is 26.7 Å². The molecule has 0 radical (unpaired) electrons. The van der Waals surface area contributed by atoms with E-state index in [0.717, 1.165) is 5.56 Å². The van der Waals surface area contributed by atoms with Gasteiger partial charge in [-0.3, -0.25) is 20.1 Å². The Hall–Kier alpha value is -3.02. The number of sulfonamides is 1. The number of carbonyl (C=O) groups excluding carboxylic acids is 1. The third-order valence-electron chi connectivity index (χ3n) is 5.38. The van der Waals surface area contributed by atoms with Crippen LogP contribution in [0, 0.1) is 17.0 Å². The third kappa shape index (κ3) is 5.61. The van der Waals surface area contributed by atoms with Gasteiger partial charge in [0, 0.05) is 19.2 Å². The number of hydrogen-bond acceptors (Lipinski definition) is 7. The average molecular weight is 464 g/mol. The molecule has 32 heavy (non-hydrogen) atoms. The summed E-state index contributed by atoms with van der Waals surface area (Å²) in [7, 11) is -3.80. The van der Waals surface area contributed by atoms with Gasteiger partial charge in [0.05, 0.1) is 16.7 Å². The highest BCUT2D eigenvalue weighted by atomic mass is 32.2.